The second-order valence-corrected chi connectivity index (χ2v) is 8.23. The summed E-state index contributed by atoms with van der Waals surface area (Å²) in [5.74, 6) is 0.544. The Labute approximate surface area is 201 Å². The number of carbonyl (C=O) groups is 1. The largest absolute Gasteiger partial charge is 0.484 e. The van der Waals surface area contributed by atoms with Gasteiger partial charge in [-0.3, -0.25) is 10.1 Å². The van der Waals surface area contributed by atoms with Crippen molar-refractivity contribution in [3.8, 4) is 5.75 Å². The summed E-state index contributed by atoms with van der Waals surface area (Å²) in [6.45, 7) is 3.06. The number of hydrogen-bond donors (Lipinski definition) is 2. The summed E-state index contributed by atoms with van der Waals surface area (Å²) in [5, 5.41) is 6.73. The van der Waals surface area contributed by atoms with Gasteiger partial charge >= 0.3 is 0 Å². The van der Waals surface area contributed by atoms with Crippen LogP contribution in [0.3, 0.4) is 0 Å². The van der Waals surface area contributed by atoms with Crippen LogP contribution < -0.4 is 15.4 Å². The molecule has 34 heavy (non-hydrogen) atoms. The summed E-state index contributed by atoms with van der Waals surface area (Å²) < 4.78 is 5.60. The molecule has 0 aliphatic carbocycles. The fourth-order valence-corrected chi connectivity index (χ4v) is 4.16. The van der Waals surface area contributed by atoms with E-state index in [1.165, 1.54) is 0 Å². The highest BCUT2D eigenvalue weighted by Gasteiger charge is 2.35. The van der Waals surface area contributed by atoms with Crippen LogP contribution in [0.2, 0.25) is 0 Å². The van der Waals surface area contributed by atoms with Gasteiger partial charge in [-0.05, 0) is 35.7 Å². The highest BCUT2D eigenvalue weighted by atomic mass is 16.5. The first kappa shape index (κ1) is 23.3. The predicted octanol–water partition coefficient (Wildman–Crippen LogP) is 5.07. The molecule has 0 fully saturated rings. The zero-order chi connectivity index (χ0) is 23.6. The number of amides is 1. The SMILES string of the molecule is Cc1ccc(OCC(=O)NCCNC(c2ccccc2)(c2ccccc2)c2ccccc2)cc1. The van der Waals surface area contributed by atoms with Gasteiger partial charge in [0.05, 0.1) is 5.54 Å². The molecule has 4 aromatic carbocycles. The lowest BCUT2D eigenvalue weighted by Gasteiger charge is -2.37. The van der Waals surface area contributed by atoms with Crippen LogP contribution in [-0.4, -0.2) is 25.6 Å². The molecule has 0 aliphatic heterocycles. The third-order valence-electron chi connectivity index (χ3n) is 5.85. The average Bonchev–Trinajstić information content (AvgIpc) is 2.90. The molecule has 172 valence electrons. The van der Waals surface area contributed by atoms with E-state index < -0.39 is 5.54 Å². The summed E-state index contributed by atoms with van der Waals surface area (Å²) in [4.78, 5) is 12.4. The Morgan fingerprint density at radius 3 is 1.62 bits per heavy atom. The zero-order valence-electron chi connectivity index (χ0n) is 19.4. The third kappa shape index (κ3) is 5.53. The average molecular weight is 451 g/mol. The lowest BCUT2D eigenvalue weighted by atomic mass is 9.77. The minimum absolute atomic E-state index is 0.00966. The number of rotatable bonds is 10. The number of ether oxygens (including phenoxy) is 1. The van der Waals surface area contributed by atoms with Crippen molar-refractivity contribution in [1.29, 1.82) is 0 Å². The van der Waals surface area contributed by atoms with Crippen LogP contribution in [0.4, 0.5) is 0 Å². The van der Waals surface area contributed by atoms with Crippen molar-refractivity contribution in [3.05, 3.63) is 138 Å². The van der Waals surface area contributed by atoms with E-state index in [4.69, 9.17) is 4.74 Å². The molecular weight excluding hydrogens is 420 g/mol. The minimum atomic E-state index is -0.549. The summed E-state index contributed by atoms with van der Waals surface area (Å²) in [6, 6.07) is 38.9. The molecule has 0 saturated carbocycles. The lowest BCUT2D eigenvalue weighted by molar-refractivity contribution is -0.123. The van der Waals surface area contributed by atoms with Crippen LogP contribution in [0.1, 0.15) is 22.3 Å². The van der Waals surface area contributed by atoms with Crippen molar-refractivity contribution >= 4 is 5.91 Å². The Morgan fingerprint density at radius 1 is 0.676 bits per heavy atom. The molecule has 0 aliphatic rings. The fourth-order valence-electron chi connectivity index (χ4n) is 4.16. The van der Waals surface area contributed by atoms with Gasteiger partial charge in [-0.2, -0.15) is 0 Å². The number of aryl methyl sites for hydroxylation is 1. The molecule has 0 aromatic heterocycles. The second-order valence-electron chi connectivity index (χ2n) is 8.23. The van der Waals surface area contributed by atoms with Gasteiger partial charge in [0.2, 0.25) is 0 Å². The van der Waals surface area contributed by atoms with E-state index in [-0.39, 0.29) is 12.5 Å². The van der Waals surface area contributed by atoms with Crippen LogP contribution in [0.5, 0.6) is 5.75 Å². The van der Waals surface area contributed by atoms with Crippen molar-refractivity contribution in [1.82, 2.24) is 10.6 Å². The maximum absolute atomic E-state index is 12.4. The summed E-state index contributed by atoms with van der Waals surface area (Å²) in [7, 11) is 0. The smallest absolute Gasteiger partial charge is 0.257 e. The molecule has 0 atom stereocenters. The molecule has 4 aromatic rings. The molecule has 0 spiro atoms. The zero-order valence-corrected chi connectivity index (χ0v) is 19.4. The summed E-state index contributed by atoms with van der Waals surface area (Å²) in [5.41, 5.74) is 4.03. The number of nitrogens with one attached hydrogen (secondary N) is 2. The van der Waals surface area contributed by atoms with Gasteiger partial charge in [0.15, 0.2) is 6.61 Å². The number of benzene rings is 4. The van der Waals surface area contributed by atoms with Crippen molar-refractivity contribution in [2.24, 2.45) is 0 Å². The van der Waals surface area contributed by atoms with Gasteiger partial charge < -0.3 is 10.1 Å². The van der Waals surface area contributed by atoms with E-state index in [9.17, 15) is 4.79 Å². The quantitative estimate of drug-likeness (QED) is 0.262. The molecule has 0 saturated heterocycles. The Bertz CT molecular complexity index is 1060. The highest BCUT2D eigenvalue weighted by molar-refractivity contribution is 5.77. The predicted molar refractivity (Wildman–Crippen MR) is 137 cm³/mol. The molecule has 4 heteroatoms. The van der Waals surface area contributed by atoms with Gasteiger partial charge in [-0.15, -0.1) is 0 Å². The summed E-state index contributed by atoms with van der Waals surface area (Å²) in [6.07, 6.45) is 0. The minimum Gasteiger partial charge on any atom is -0.484 e. The van der Waals surface area contributed by atoms with Gasteiger partial charge in [0.1, 0.15) is 5.75 Å². The Balaban J connectivity index is 1.48. The Morgan fingerprint density at radius 2 is 1.15 bits per heavy atom. The van der Waals surface area contributed by atoms with Crippen molar-refractivity contribution < 1.29 is 9.53 Å². The molecule has 0 bridgehead atoms. The van der Waals surface area contributed by atoms with E-state index in [0.717, 1.165) is 22.3 Å². The van der Waals surface area contributed by atoms with Gasteiger partial charge in [0, 0.05) is 13.1 Å². The van der Waals surface area contributed by atoms with Crippen molar-refractivity contribution in [2.75, 3.05) is 19.7 Å². The van der Waals surface area contributed by atoms with Crippen LogP contribution in [-0.2, 0) is 10.3 Å². The monoisotopic (exact) mass is 450 g/mol. The third-order valence-corrected chi connectivity index (χ3v) is 5.85. The fraction of sp³-hybridized carbons (Fsp3) is 0.167. The van der Waals surface area contributed by atoms with Crippen LogP contribution in [0, 0.1) is 6.92 Å². The maximum atomic E-state index is 12.4. The van der Waals surface area contributed by atoms with E-state index in [1.807, 2.05) is 49.4 Å². The molecule has 0 heterocycles. The molecule has 0 unspecified atom stereocenters. The van der Waals surface area contributed by atoms with Crippen LogP contribution >= 0.6 is 0 Å². The van der Waals surface area contributed by atoms with Gasteiger partial charge in [0.25, 0.3) is 5.91 Å². The topological polar surface area (TPSA) is 50.4 Å². The lowest BCUT2D eigenvalue weighted by Crippen LogP contribution is -2.47. The van der Waals surface area contributed by atoms with Crippen LogP contribution in [0.15, 0.2) is 115 Å². The summed E-state index contributed by atoms with van der Waals surface area (Å²) >= 11 is 0. The van der Waals surface area contributed by atoms with Crippen molar-refractivity contribution in [2.45, 2.75) is 12.5 Å². The normalized spacial score (nSPS) is 11.1. The molecule has 4 rings (SSSR count). The van der Waals surface area contributed by atoms with E-state index in [2.05, 4.69) is 83.4 Å². The first-order chi connectivity index (χ1) is 16.7. The van der Waals surface area contributed by atoms with Gasteiger partial charge in [-0.1, -0.05) is 109 Å². The van der Waals surface area contributed by atoms with Crippen molar-refractivity contribution in [3.63, 3.8) is 0 Å². The van der Waals surface area contributed by atoms with Gasteiger partial charge in [-0.25, -0.2) is 0 Å². The molecule has 2 N–H and O–H groups in total. The van der Waals surface area contributed by atoms with E-state index in [1.54, 1.807) is 0 Å². The maximum Gasteiger partial charge on any atom is 0.257 e. The first-order valence-corrected chi connectivity index (χ1v) is 11.6. The van der Waals surface area contributed by atoms with E-state index in [0.29, 0.717) is 18.8 Å². The standard InChI is InChI=1S/C30H30N2O2/c1-24-17-19-28(20-18-24)34-23-29(33)31-21-22-32-30(25-11-5-2-6-12-25,26-13-7-3-8-14-26)27-15-9-4-10-16-27/h2-20,32H,21-23H2,1H3,(H,31,33). The first-order valence-electron chi connectivity index (χ1n) is 11.6. The molecular formula is C30H30N2O2. The molecule has 4 nitrogen and oxygen atoms in total. The molecule has 0 radical (unpaired) electrons. The number of hydrogen-bond acceptors (Lipinski definition) is 3. The van der Waals surface area contributed by atoms with Crippen LogP contribution in [0.25, 0.3) is 0 Å². The Kier molecular flexibility index (Phi) is 7.74. The second kappa shape index (κ2) is 11.3. The number of carbonyl (C=O) groups excluding carboxylic acids is 1. The Hall–Kier alpha value is -3.89. The molecule has 1 amide bonds. The van der Waals surface area contributed by atoms with E-state index >= 15 is 0 Å². The highest BCUT2D eigenvalue weighted by Crippen LogP contribution is 2.36.